The standard InChI is InChI=1S/C29H35N5O6/c1-19(2)17-23(30-27(36)20-3-5-22(6-4-20)31-13-15-40-16-14-31)29(38)33-12-9-24-26(33)25(35)18-34(24)28(37)21-7-10-32(39)11-8-21/h3-8,10-11,19,23-24,26H,9,12-18H2,1-2H3,(H,30,36). The van der Waals surface area contributed by atoms with E-state index in [-0.39, 0.29) is 36.0 Å². The summed E-state index contributed by atoms with van der Waals surface area (Å²) in [5.41, 5.74) is 1.78. The molecule has 0 spiro atoms. The molecule has 0 bridgehead atoms. The van der Waals surface area contributed by atoms with Crippen LogP contribution in [0.3, 0.4) is 0 Å². The fourth-order valence-corrected chi connectivity index (χ4v) is 5.84. The quantitative estimate of drug-likeness (QED) is 0.403. The number of morpholine rings is 1. The van der Waals surface area contributed by atoms with Crippen molar-refractivity contribution in [1.82, 2.24) is 15.1 Å². The fraction of sp³-hybridized carbons (Fsp3) is 0.483. The lowest BCUT2D eigenvalue weighted by Crippen LogP contribution is -2.53. The molecule has 3 amide bonds. The first-order valence-corrected chi connectivity index (χ1v) is 13.8. The molecule has 3 aliphatic heterocycles. The van der Waals surface area contributed by atoms with Crippen molar-refractivity contribution in [3.05, 3.63) is 65.1 Å². The highest BCUT2D eigenvalue weighted by Crippen LogP contribution is 2.32. The number of nitrogens with one attached hydrogen (secondary N) is 1. The first-order valence-electron chi connectivity index (χ1n) is 13.8. The molecule has 1 aromatic carbocycles. The number of hydrogen-bond acceptors (Lipinski definition) is 7. The third-order valence-corrected chi connectivity index (χ3v) is 7.83. The largest absolute Gasteiger partial charge is 0.619 e. The highest BCUT2D eigenvalue weighted by molar-refractivity contribution is 6.03. The minimum Gasteiger partial charge on any atom is -0.619 e. The maximum Gasteiger partial charge on any atom is 0.255 e. The number of fused-ring (bicyclic) bond motifs is 1. The minimum atomic E-state index is -0.802. The molecular weight excluding hydrogens is 514 g/mol. The number of amides is 3. The second-order valence-electron chi connectivity index (χ2n) is 11.0. The summed E-state index contributed by atoms with van der Waals surface area (Å²) in [6.07, 6.45) is 3.36. The first kappa shape index (κ1) is 27.6. The van der Waals surface area contributed by atoms with Crippen LogP contribution in [0.15, 0.2) is 48.8 Å². The number of carbonyl (C=O) groups is 4. The Bertz CT molecular complexity index is 1260. The molecule has 1 aromatic heterocycles. The molecule has 11 nitrogen and oxygen atoms in total. The Morgan fingerprint density at radius 2 is 1.68 bits per heavy atom. The first-order chi connectivity index (χ1) is 19.2. The van der Waals surface area contributed by atoms with Gasteiger partial charge in [-0.25, -0.2) is 0 Å². The molecule has 3 fully saturated rings. The second kappa shape index (κ2) is 11.6. The Morgan fingerprint density at radius 3 is 2.33 bits per heavy atom. The smallest absolute Gasteiger partial charge is 0.255 e. The van der Waals surface area contributed by atoms with Gasteiger partial charge in [0.1, 0.15) is 12.1 Å². The molecule has 1 N–H and O–H groups in total. The van der Waals surface area contributed by atoms with E-state index in [1.165, 1.54) is 34.3 Å². The molecule has 0 aliphatic carbocycles. The summed E-state index contributed by atoms with van der Waals surface area (Å²) in [5, 5.41) is 14.3. The molecule has 2 aromatic rings. The predicted octanol–water partition coefficient (Wildman–Crippen LogP) is 0.996. The summed E-state index contributed by atoms with van der Waals surface area (Å²) in [7, 11) is 0. The van der Waals surface area contributed by atoms with Crippen LogP contribution >= 0.6 is 0 Å². The zero-order valence-electron chi connectivity index (χ0n) is 22.8. The van der Waals surface area contributed by atoms with Crippen LogP contribution in [0.25, 0.3) is 0 Å². The van der Waals surface area contributed by atoms with Gasteiger partial charge in [0.05, 0.1) is 31.4 Å². The van der Waals surface area contributed by atoms with Crippen LogP contribution in [0.4, 0.5) is 5.69 Å². The number of aromatic nitrogens is 1. The van der Waals surface area contributed by atoms with Crippen molar-refractivity contribution < 1.29 is 28.6 Å². The number of rotatable bonds is 7. The van der Waals surface area contributed by atoms with Crippen molar-refractivity contribution in [3.63, 3.8) is 0 Å². The maximum absolute atomic E-state index is 13.8. The third kappa shape index (κ3) is 5.65. The summed E-state index contributed by atoms with van der Waals surface area (Å²) in [6, 6.07) is 8.17. The highest BCUT2D eigenvalue weighted by atomic mass is 16.5. The van der Waals surface area contributed by atoms with Crippen LogP contribution in [0, 0.1) is 11.1 Å². The third-order valence-electron chi connectivity index (χ3n) is 7.83. The van der Waals surface area contributed by atoms with Crippen molar-refractivity contribution >= 4 is 29.2 Å². The number of Topliss-reactive ketones (excluding diaryl/α,β-unsaturated/α-hetero) is 1. The van der Waals surface area contributed by atoms with Crippen LogP contribution < -0.4 is 14.9 Å². The SMILES string of the molecule is CC(C)CC(NC(=O)c1ccc(N2CCOCC2)cc1)C(=O)N1CCC2C1C(=O)CN2C(=O)c1cc[n+]([O-])cc1. The summed E-state index contributed by atoms with van der Waals surface area (Å²) in [6.45, 7) is 7.09. The molecule has 3 atom stereocenters. The summed E-state index contributed by atoms with van der Waals surface area (Å²) in [4.78, 5) is 58.4. The Labute approximate surface area is 233 Å². The molecule has 5 rings (SSSR count). The van der Waals surface area contributed by atoms with Crippen LogP contribution in [0.2, 0.25) is 0 Å². The molecule has 0 saturated carbocycles. The van der Waals surface area contributed by atoms with E-state index in [4.69, 9.17) is 4.74 Å². The number of benzene rings is 1. The molecule has 3 saturated heterocycles. The van der Waals surface area contributed by atoms with Gasteiger partial charge in [-0.2, -0.15) is 4.73 Å². The highest BCUT2D eigenvalue weighted by Gasteiger charge is 2.52. The van der Waals surface area contributed by atoms with E-state index in [0.29, 0.717) is 48.5 Å². The van der Waals surface area contributed by atoms with Crippen LogP contribution in [0.5, 0.6) is 0 Å². The van der Waals surface area contributed by atoms with Crippen LogP contribution in [-0.2, 0) is 14.3 Å². The predicted molar refractivity (Wildman–Crippen MR) is 146 cm³/mol. The topological polar surface area (TPSA) is 126 Å². The lowest BCUT2D eigenvalue weighted by molar-refractivity contribution is -0.605. The summed E-state index contributed by atoms with van der Waals surface area (Å²) >= 11 is 0. The van der Waals surface area contributed by atoms with Gasteiger partial charge >= 0.3 is 0 Å². The molecule has 212 valence electrons. The number of anilines is 1. The molecule has 4 heterocycles. The maximum atomic E-state index is 13.8. The Balaban J connectivity index is 1.28. The average Bonchev–Trinajstić information content (AvgIpc) is 3.54. The number of pyridine rings is 1. The van der Waals surface area contributed by atoms with Gasteiger partial charge in [-0.3, -0.25) is 19.2 Å². The number of nitrogens with zero attached hydrogens (tertiary/aromatic N) is 4. The zero-order valence-corrected chi connectivity index (χ0v) is 22.8. The second-order valence-corrected chi connectivity index (χ2v) is 11.0. The van der Waals surface area contributed by atoms with Gasteiger partial charge in [0.25, 0.3) is 11.8 Å². The minimum absolute atomic E-state index is 0.0963. The number of hydrogen-bond donors (Lipinski definition) is 1. The van der Waals surface area contributed by atoms with E-state index in [1.807, 2.05) is 26.0 Å². The molecule has 3 unspecified atom stereocenters. The van der Waals surface area contributed by atoms with Gasteiger partial charge in [0.15, 0.2) is 18.2 Å². The number of carbonyl (C=O) groups excluding carboxylic acids is 4. The van der Waals surface area contributed by atoms with E-state index in [2.05, 4.69) is 10.2 Å². The molecule has 40 heavy (non-hydrogen) atoms. The van der Waals surface area contributed by atoms with E-state index in [1.54, 1.807) is 12.1 Å². The molecular formula is C29H35N5O6. The van der Waals surface area contributed by atoms with Gasteiger partial charge < -0.3 is 30.0 Å². The van der Waals surface area contributed by atoms with Crippen molar-refractivity contribution in [1.29, 1.82) is 0 Å². The number of ether oxygens (including phenoxy) is 1. The number of likely N-dealkylation sites (tertiary alicyclic amines) is 2. The van der Waals surface area contributed by atoms with Crippen molar-refractivity contribution in [2.75, 3.05) is 44.3 Å². The van der Waals surface area contributed by atoms with Crippen molar-refractivity contribution in [2.24, 2.45) is 5.92 Å². The average molecular weight is 550 g/mol. The Kier molecular flexibility index (Phi) is 8.02. The van der Waals surface area contributed by atoms with Crippen molar-refractivity contribution in [2.45, 2.75) is 44.8 Å². The molecule has 3 aliphatic rings. The van der Waals surface area contributed by atoms with Gasteiger partial charge in [-0.15, -0.1) is 0 Å². The van der Waals surface area contributed by atoms with Crippen LogP contribution in [-0.4, -0.2) is 90.8 Å². The van der Waals surface area contributed by atoms with Gasteiger partial charge in [-0.05, 0) is 43.0 Å². The van der Waals surface area contributed by atoms with Gasteiger partial charge in [0.2, 0.25) is 5.91 Å². The lowest BCUT2D eigenvalue weighted by atomic mass is 10.0. The van der Waals surface area contributed by atoms with Gasteiger partial charge in [-0.1, -0.05) is 13.8 Å². The summed E-state index contributed by atoms with van der Waals surface area (Å²) < 4.78 is 5.99. The Hall–Kier alpha value is -3.99. The monoisotopic (exact) mass is 549 g/mol. The van der Waals surface area contributed by atoms with E-state index in [9.17, 15) is 24.4 Å². The normalized spacial score (nSPS) is 21.5. The van der Waals surface area contributed by atoms with Crippen LogP contribution in [0.1, 0.15) is 47.4 Å². The number of ketones is 1. The Morgan fingerprint density at radius 1 is 1.00 bits per heavy atom. The fourth-order valence-electron chi connectivity index (χ4n) is 5.84. The van der Waals surface area contributed by atoms with E-state index < -0.39 is 18.1 Å². The molecule has 11 heteroatoms. The van der Waals surface area contributed by atoms with Gasteiger partial charge in [0, 0.05) is 43.0 Å². The van der Waals surface area contributed by atoms with E-state index in [0.717, 1.165) is 18.8 Å². The van der Waals surface area contributed by atoms with E-state index >= 15 is 0 Å². The molecule has 0 radical (unpaired) electrons. The van der Waals surface area contributed by atoms with Crippen molar-refractivity contribution in [3.8, 4) is 0 Å². The zero-order chi connectivity index (χ0) is 28.4. The summed E-state index contributed by atoms with van der Waals surface area (Å²) in [5.74, 6) is -1.09. The lowest BCUT2D eigenvalue weighted by Gasteiger charge is -2.29.